The van der Waals surface area contributed by atoms with Crippen LogP contribution >= 0.6 is 0 Å². The van der Waals surface area contributed by atoms with E-state index in [9.17, 15) is 9.59 Å². The summed E-state index contributed by atoms with van der Waals surface area (Å²) in [6, 6.07) is 13.7. The van der Waals surface area contributed by atoms with E-state index < -0.39 is 5.97 Å². The molecule has 2 aromatic heterocycles. The molecule has 0 aliphatic rings. The van der Waals surface area contributed by atoms with Crippen molar-refractivity contribution in [2.24, 2.45) is 0 Å². The number of pyridine rings is 1. The molecule has 148 valence electrons. The Hall–Kier alpha value is -3.41. The van der Waals surface area contributed by atoms with Crippen molar-refractivity contribution in [3.63, 3.8) is 0 Å². The smallest absolute Gasteiger partial charge is 0.343 e. The fourth-order valence-electron chi connectivity index (χ4n) is 3.77. The van der Waals surface area contributed by atoms with E-state index in [2.05, 4.69) is 11.5 Å². The molecule has 2 aromatic carbocycles. The summed E-state index contributed by atoms with van der Waals surface area (Å²) < 4.78 is 9.11. The van der Waals surface area contributed by atoms with E-state index >= 15 is 0 Å². The Bertz CT molecular complexity index is 1280. The number of para-hydroxylation sites is 2. The first-order valence-electron chi connectivity index (χ1n) is 9.89. The molecule has 4 rings (SSSR count). The average Bonchev–Trinajstić information content (AvgIpc) is 3.12. The number of carbonyl (C=O) groups is 1. The van der Waals surface area contributed by atoms with Crippen LogP contribution in [0.3, 0.4) is 0 Å². The Morgan fingerprint density at radius 2 is 1.83 bits per heavy atom. The predicted molar refractivity (Wildman–Crippen MR) is 114 cm³/mol. The number of esters is 1. The number of aryl methyl sites for hydroxylation is 2. The van der Waals surface area contributed by atoms with Crippen LogP contribution < -0.4 is 5.43 Å². The summed E-state index contributed by atoms with van der Waals surface area (Å²) in [6.07, 6.45) is 1.59. The van der Waals surface area contributed by atoms with Crippen LogP contribution in [0.25, 0.3) is 33.3 Å². The molecule has 6 nitrogen and oxygen atoms in total. The van der Waals surface area contributed by atoms with Crippen LogP contribution in [0.4, 0.5) is 0 Å². The minimum atomic E-state index is -0.590. The molecule has 0 N–H and O–H groups in total. The Morgan fingerprint density at radius 1 is 1.03 bits per heavy atom. The number of nitrogens with zero attached hydrogens (tertiary/aromatic N) is 3. The van der Waals surface area contributed by atoms with E-state index in [0.29, 0.717) is 11.9 Å². The van der Waals surface area contributed by atoms with Gasteiger partial charge in [0.1, 0.15) is 11.4 Å². The molecular formula is C23H23N3O3. The lowest BCUT2D eigenvalue weighted by atomic mass is 10.1. The first-order chi connectivity index (χ1) is 14.1. The van der Waals surface area contributed by atoms with E-state index in [1.54, 1.807) is 13.1 Å². The Labute approximate surface area is 168 Å². The molecular weight excluding hydrogens is 366 g/mol. The van der Waals surface area contributed by atoms with Gasteiger partial charge in [0, 0.05) is 30.2 Å². The van der Waals surface area contributed by atoms with Crippen LogP contribution in [-0.2, 0) is 17.8 Å². The Kier molecular flexibility index (Phi) is 4.92. The third kappa shape index (κ3) is 3.10. The van der Waals surface area contributed by atoms with Gasteiger partial charge in [-0.05, 0) is 51.1 Å². The highest BCUT2D eigenvalue weighted by Gasteiger charge is 2.18. The molecule has 0 amide bonds. The zero-order chi connectivity index (χ0) is 20.5. The molecule has 0 bridgehead atoms. The second-order valence-electron chi connectivity index (χ2n) is 6.78. The third-order valence-corrected chi connectivity index (χ3v) is 5.15. The monoisotopic (exact) mass is 389 g/mol. The summed E-state index contributed by atoms with van der Waals surface area (Å²) >= 11 is 0. The molecule has 0 unspecified atom stereocenters. The van der Waals surface area contributed by atoms with E-state index in [-0.39, 0.29) is 17.6 Å². The average molecular weight is 389 g/mol. The summed E-state index contributed by atoms with van der Waals surface area (Å²) in [5.74, 6) is 0.215. The lowest BCUT2D eigenvalue weighted by Gasteiger charge is -2.13. The molecule has 0 fully saturated rings. The molecule has 0 aliphatic heterocycles. The highest BCUT2D eigenvalue weighted by molar-refractivity contribution is 5.95. The topological polar surface area (TPSA) is 66.1 Å². The highest BCUT2D eigenvalue weighted by Crippen LogP contribution is 2.27. The van der Waals surface area contributed by atoms with Crippen LogP contribution in [0, 0.1) is 0 Å². The number of aromatic nitrogens is 3. The molecule has 29 heavy (non-hydrogen) atoms. The number of hydrogen-bond acceptors (Lipinski definition) is 4. The van der Waals surface area contributed by atoms with Crippen molar-refractivity contribution < 1.29 is 9.53 Å². The van der Waals surface area contributed by atoms with Gasteiger partial charge in [-0.2, -0.15) is 0 Å². The Morgan fingerprint density at radius 3 is 2.55 bits per heavy atom. The van der Waals surface area contributed by atoms with Gasteiger partial charge in [-0.15, -0.1) is 0 Å². The maximum absolute atomic E-state index is 13.1. The largest absolute Gasteiger partial charge is 0.462 e. The Balaban J connectivity index is 1.98. The van der Waals surface area contributed by atoms with Gasteiger partial charge < -0.3 is 13.9 Å². The molecule has 0 saturated heterocycles. The third-order valence-electron chi connectivity index (χ3n) is 5.15. The lowest BCUT2D eigenvalue weighted by molar-refractivity contribution is 0.0524. The minimum absolute atomic E-state index is 0.0577. The van der Waals surface area contributed by atoms with E-state index in [0.717, 1.165) is 34.5 Å². The van der Waals surface area contributed by atoms with Crippen LogP contribution in [0.15, 0.2) is 53.5 Å². The van der Waals surface area contributed by atoms with Crippen LogP contribution in [0.5, 0.6) is 0 Å². The first kappa shape index (κ1) is 18.9. The van der Waals surface area contributed by atoms with Gasteiger partial charge in [0.25, 0.3) is 0 Å². The van der Waals surface area contributed by atoms with Gasteiger partial charge in [-0.25, -0.2) is 9.78 Å². The van der Waals surface area contributed by atoms with Crippen molar-refractivity contribution in [2.45, 2.75) is 33.9 Å². The second kappa shape index (κ2) is 7.54. The van der Waals surface area contributed by atoms with E-state index in [4.69, 9.17) is 9.72 Å². The summed E-state index contributed by atoms with van der Waals surface area (Å²) in [5, 5.41) is 0.490. The molecule has 2 heterocycles. The number of benzene rings is 2. The van der Waals surface area contributed by atoms with Crippen LogP contribution in [0.2, 0.25) is 0 Å². The normalized spacial score (nSPS) is 11.3. The van der Waals surface area contributed by atoms with E-state index in [1.165, 1.54) is 0 Å². The number of carbonyl (C=O) groups excluding carboxylic acids is 1. The van der Waals surface area contributed by atoms with Gasteiger partial charge in [0.05, 0.1) is 23.2 Å². The van der Waals surface area contributed by atoms with Gasteiger partial charge >= 0.3 is 5.97 Å². The first-order valence-corrected chi connectivity index (χ1v) is 9.89. The van der Waals surface area contributed by atoms with Crippen LogP contribution in [-0.4, -0.2) is 26.7 Å². The zero-order valence-corrected chi connectivity index (χ0v) is 16.8. The standard InChI is InChI=1S/C23H23N3O3/c1-4-25-14-17(23(28)29-6-3)21(27)16-13-15(11-12-19(16)25)22-24-18-9-7-8-10-20(18)26(22)5-2/h7-14H,4-6H2,1-3H3. The lowest BCUT2D eigenvalue weighted by Crippen LogP contribution is -2.20. The molecule has 0 saturated carbocycles. The maximum Gasteiger partial charge on any atom is 0.343 e. The fourth-order valence-corrected chi connectivity index (χ4v) is 3.77. The molecule has 0 atom stereocenters. The van der Waals surface area contributed by atoms with Crippen molar-refractivity contribution in [1.29, 1.82) is 0 Å². The number of ether oxygens (including phenoxy) is 1. The van der Waals surface area contributed by atoms with Crippen LogP contribution in [0.1, 0.15) is 31.1 Å². The van der Waals surface area contributed by atoms with Gasteiger partial charge in [-0.3, -0.25) is 4.79 Å². The zero-order valence-electron chi connectivity index (χ0n) is 16.8. The summed E-state index contributed by atoms with van der Waals surface area (Å²) in [7, 11) is 0. The minimum Gasteiger partial charge on any atom is -0.462 e. The molecule has 0 radical (unpaired) electrons. The molecule has 0 spiro atoms. The summed E-state index contributed by atoms with van der Waals surface area (Å²) in [6.45, 7) is 7.39. The summed E-state index contributed by atoms with van der Waals surface area (Å²) in [5.41, 5.74) is 3.34. The van der Waals surface area contributed by atoms with Gasteiger partial charge in [0.2, 0.25) is 5.43 Å². The number of imidazole rings is 1. The highest BCUT2D eigenvalue weighted by atomic mass is 16.5. The van der Waals surface area contributed by atoms with Crippen molar-refractivity contribution in [3.8, 4) is 11.4 Å². The number of hydrogen-bond donors (Lipinski definition) is 0. The molecule has 4 aromatic rings. The second-order valence-corrected chi connectivity index (χ2v) is 6.78. The summed E-state index contributed by atoms with van der Waals surface area (Å²) in [4.78, 5) is 30.2. The molecule has 0 aliphatic carbocycles. The van der Waals surface area contributed by atoms with Crippen molar-refractivity contribution in [3.05, 3.63) is 64.4 Å². The quantitative estimate of drug-likeness (QED) is 0.479. The van der Waals surface area contributed by atoms with Crippen molar-refractivity contribution >= 4 is 27.9 Å². The fraction of sp³-hybridized carbons (Fsp3) is 0.261. The van der Waals surface area contributed by atoms with Gasteiger partial charge in [0.15, 0.2) is 0 Å². The SMILES string of the molecule is CCOC(=O)c1cn(CC)c2ccc(-c3nc4ccccc4n3CC)cc2c1=O. The van der Waals surface area contributed by atoms with Crippen molar-refractivity contribution in [1.82, 2.24) is 14.1 Å². The molecule has 6 heteroatoms. The van der Waals surface area contributed by atoms with Gasteiger partial charge in [-0.1, -0.05) is 12.1 Å². The maximum atomic E-state index is 13.1. The van der Waals surface area contributed by atoms with E-state index in [1.807, 2.05) is 54.0 Å². The number of rotatable bonds is 5. The van der Waals surface area contributed by atoms with Crippen molar-refractivity contribution in [2.75, 3.05) is 6.61 Å². The predicted octanol–water partition coefficient (Wildman–Crippen LogP) is 4.23. The number of fused-ring (bicyclic) bond motifs is 2.